The molecule has 0 amide bonds. The summed E-state index contributed by atoms with van der Waals surface area (Å²) in [4.78, 5) is 0. The fraction of sp³-hybridized carbons (Fsp3) is 0.308. The largest absolute Gasteiger partial charge is 0.377 e. The third kappa shape index (κ3) is 3.10. The number of anilines is 1. The Balaban J connectivity index is 2.26. The van der Waals surface area contributed by atoms with Gasteiger partial charge in [-0.15, -0.1) is 0 Å². The average molecular weight is 381 g/mol. The molecule has 0 radical (unpaired) electrons. The van der Waals surface area contributed by atoms with E-state index in [0.717, 1.165) is 17.9 Å². The van der Waals surface area contributed by atoms with E-state index in [1.807, 2.05) is 18.5 Å². The van der Waals surface area contributed by atoms with E-state index in [9.17, 15) is 4.39 Å². The fourth-order valence-electron chi connectivity index (χ4n) is 1.92. The van der Waals surface area contributed by atoms with Gasteiger partial charge in [0, 0.05) is 11.0 Å². The molecule has 3 nitrogen and oxygen atoms in total. The molecule has 2 aromatic rings. The monoisotopic (exact) mass is 379 g/mol. The predicted molar refractivity (Wildman–Crippen MR) is 84.1 cm³/mol. The van der Waals surface area contributed by atoms with Crippen molar-refractivity contribution in [3.05, 3.63) is 43.9 Å². The zero-order valence-corrected chi connectivity index (χ0v) is 14.1. The first kappa shape index (κ1) is 15.6. The second kappa shape index (κ2) is 6.33. The van der Waals surface area contributed by atoms with Crippen molar-refractivity contribution >= 4 is 44.8 Å². The van der Waals surface area contributed by atoms with Crippen molar-refractivity contribution < 1.29 is 4.39 Å². The molecule has 0 saturated carbocycles. The van der Waals surface area contributed by atoms with E-state index in [0.29, 0.717) is 26.8 Å². The molecule has 1 aromatic carbocycles. The molecule has 0 aliphatic heterocycles. The SMILES string of the molecule is CCn1nc(C)c(Cl)c1CNc1c(Cl)cc(F)cc1Br. The van der Waals surface area contributed by atoms with E-state index >= 15 is 0 Å². The highest BCUT2D eigenvalue weighted by molar-refractivity contribution is 9.10. The molecule has 1 N–H and O–H groups in total. The maximum Gasteiger partial charge on any atom is 0.125 e. The lowest BCUT2D eigenvalue weighted by atomic mass is 10.3. The van der Waals surface area contributed by atoms with Gasteiger partial charge in [-0.2, -0.15) is 5.10 Å². The lowest BCUT2D eigenvalue weighted by molar-refractivity contribution is 0.622. The molecule has 0 aliphatic carbocycles. The van der Waals surface area contributed by atoms with E-state index in [4.69, 9.17) is 23.2 Å². The van der Waals surface area contributed by atoms with Crippen molar-refractivity contribution in [3.8, 4) is 0 Å². The van der Waals surface area contributed by atoms with E-state index in [1.54, 1.807) is 0 Å². The zero-order valence-electron chi connectivity index (χ0n) is 11.0. The van der Waals surface area contributed by atoms with Crippen molar-refractivity contribution in [2.24, 2.45) is 0 Å². The van der Waals surface area contributed by atoms with Gasteiger partial charge in [-0.3, -0.25) is 4.68 Å². The molecule has 0 atom stereocenters. The zero-order chi connectivity index (χ0) is 14.9. The maximum absolute atomic E-state index is 13.2. The Morgan fingerprint density at radius 1 is 1.40 bits per heavy atom. The van der Waals surface area contributed by atoms with Crippen molar-refractivity contribution in [2.45, 2.75) is 26.9 Å². The summed E-state index contributed by atoms with van der Waals surface area (Å²) >= 11 is 15.6. The Labute approximate surface area is 135 Å². The van der Waals surface area contributed by atoms with E-state index in [-0.39, 0.29) is 5.82 Å². The van der Waals surface area contributed by atoms with Crippen molar-refractivity contribution in [2.75, 3.05) is 5.32 Å². The van der Waals surface area contributed by atoms with Crippen LogP contribution in [-0.2, 0) is 13.1 Å². The van der Waals surface area contributed by atoms with E-state index < -0.39 is 0 Å². The summed E-state index contributed by atoms with van der Waals surface area (Å²) in [5.74, 6) is -0.389. The lowest BCUT2D eigenvalue weighted by Gasteiger charge is -2.12. The van der Waals surface area contributed by atoms with Gasteiger partial charge in [-0.1, -0.05) is 23.2 Å². The van der Waals surface area contributed by atoms with Gasteiger partial charge in [0.15, 0.2) is 0 Å². The van der Waals surface area contributed by atoms with Gasteiger partial charge in [-0.25, -0.2) is 4.39 Å². The topological polar surface area (TPSA) is 29.9 Å². The average Bonchev–Trinajstić information content (AvgIpc) is 2.64. The smallest absolute Gasteiger partial charge is 0.125 e. The highest BCUT2D eigenvalue weighted by atomic mass is 79.9. The second-order valence-electron chi connectivity index (χ2n) is 4.26. The van der Waals surface area contributed by atoms with Crippen LogP contribution in [0.15, 0.2) is 16.6 Å². The van der Waals surface area contributed by atoms with Gasteiger partial charge in [0.2, 0.25) is 0 Å². The first-order valence-corrected chi connectivity index (χ1v) is 7.59. The number of nitrogens with zero attached hydrogens (tertiary/aromatic N) is 2. The van der Waals surface area contributed by atoms with Crippen LogP contribution in [0.3, 0.4) is 0 Å². The predicted octanol–water partition coefficient (Wildman–Crippen LogP) is 5.03. The van der Waals surface area contributed by atoms with E-state index in [2.05, 4.69) is 26.3 Å². The molecular weight excluding hydrogens is 368 g/mol. The molecule has 0 saturated heterocycles. The summed E-state index contributed by atoms with van der Waals surface area (Å²) in [6, 6.07) is 2.62. The molecule has 2 rings (SSSR count). The number of hydrogen-bond acceptors (Lipinski definition) is 2. The maximum atomic E-state index is 13.2. The van der Waals surface area contributed by atoms with Crippen LogP contribution in [0.4, 0.5) is 10.1 Å². The Morgan fingerprint density at radius 2 is 2.10 bits per heavy atom. The molecule has 0 spiro atoms. The molecule has 0 bridgehead atoms. The summed E-state index contributed by atoms with van der Waals surface area (Å²) < 4.78 is 15.6. The Hall–Kier alpha value is -0.780. The fourth-order valence-corrected chi connectivity index (χ4v) is 3.08. The first-order chi connectivity index (χ1) is 9.43. The van der Waals surface area contributed by atoms with Gasteiger partial charge in [-0.05, 0) is 41.9 Å². The molecule has 0 aliphatic rings. The first-order valence-electron chi connectivity index (χ1n) is 6.04. The van der Waals surface area contributed by atoms with Crippen LogP contribution in [0.5, 0.6) is 0 Å². The van der Waals surface area contributed by atoms with Crippen LogP contribution in [0.25, 0.3) is 0 Å². The number of halogens is 4. The van der Waals surface area contributed by atoms with Crippen LogP contribution in [0, 0.1) is 12.7 Å². The number of aromatic nitrogens is 2. The van der Waals surface area contributed by atoms with Crippen LogP contribution in [-0.4, -0.2) is 9.78 Å². The molecule has 7 heteroatoms. The van der Waals surface area contributed by atoms with Crippen LogP contribution >= 0.6 is 39.1 Å². The standard InChI is InChI=1S/C13H13BrCl2FN3/c1-3-20-11(12(16)7(2)19-20)6-18-13-9(14)4-8(17)5-10(13)15/h4-5,18H,3,6H2,1-2H3. The summed E-state index contributed by atoms with van der Waals surface area (Å²) in [6.07, 6.45) is 0. The van der Waals surface area contributed by atoms with E-state index in [1.165, 1.54) is 12.1 Å². The molecule has 20 heavy (non-hydrogen) atoms. The summed E-state index contributed by atoms with van der Waals surface area (Å²) in [6.45, 7) is 5.03. The van der Waals surface area contributed by atoms with Gasteiger partial charge >= 0.3 is 0 Å². The molecule has 1 aromatic heterocycles. The Kier molecular flexibility index (Phi) is 4.94. The van der Waals surface area contributed by atoms with Crippen molar-refractivity contribution in [1.82, 2.24) is 9.78 Å². The lowest BCUT2D eigenvalue weighted by Crippen LogP contribution is -2.09. The second-order valence-corrected chi connectivity index (χ2v) is 5.90. The molecule has 0 fully saturated rings. The molecule has 108 valence electrons. The molecule has 1 heterocycles. The minimum absolute atomic E-state index is 0.312. The van der Waals surface area contributed by atoms with Gasteiger partial charge < -0.3 is 5.32 Å². The number of hydrogen-bond donors (Lipinski definition) is 1. The molecule has 0 unspecified atom stereocenters. The molecular formula is C13H13BrCl2FN3. The number of rotatable bonds is 4. The minimum Gasteiger partial charge on any atom is -0.377 e. The summed E-state index contributed by atoms with van der Waals surface area (Å²) in [7, 11) is 0. The minimum atomic E-state index is -0.389. The normalized spacial score (nSPS) is 10.9. The number of benzene rings is 1. The highest BCUT2D eigenvalue weighted by Crippen LogP contribution is 2.32. The Morgan fingerprint density at radius 3 is 2.70 bits per heavy atom. The van der Waals surface area contributed by atoms with Gasteiger partial charge in [0.1, 0.15) is 5.82 Å². The third-order valence-electron chi connectivity index (χ3n) is 2.89. The number of nitrogens with one attached hydrogen (secondary N) is 1. The van der Waals surface area contributed by atoms with Crippen LogP contribution in [0.1, 0.15) is 18.3 Å². The summed E-state index contributed by atoms with van der Waals surface area (Å²) in [5, 5.41) is 8.45. The van der Waals surface area contributed by atoms with Crippen molar-refractivity contribution in [3.63, 3.8) is 0 Å². The van der Waals surface area contributed by atoms with Crippen molar-refractivity contribution in [1.29, 1.82) is 0 Å². The highest BCUT2D eigenvalue weighted by Gasteiger charge is 2.14. The Bertz CT molecular complexity index is 620. The third-order valence-corrected chi connectivity index (χ3v) is 4.31. The van der Waals surface area contributed by atoms with Crippen LogP contribution in [0.2, 0.25) is 10.0 Å². The number of aryl methyl sites for hydroxylation is 2. The van der Waals surface area contributed by atoms with Gasteiger partial charge in [0.25, 0.3) is 0 Å². The summed E-state index contributed by atoms with van der Waals surface area (Å²) in [5.41, 5.74) is 2.29. The quantitative estimate of drug-likeness (QED) is 0.805. The van der Waals surface area contributed by atoms with Gasteiger partial charge in [0.05, 0.1) is 33.7 Å². The van der Waals surface area contributed by atoms with Crippen LogP contribution < -0.4 is 5.32 Å².